The fourth-order valence-corrected chi connectivity index (χ4v) is 1.54. The van der Waals surface area contributed by atoms with E-state index in [1.54, 1.807) is 0 Å². The van der Waals surface area contributed by atoms with Crippen molar-refractivity contribution in [2.45, 2.75) is 13.1 Å². The van der Waals surface area contributed by atoms with Gasteiger partial charge in [0.2, 0.25) is 0 Å². The number of pyridine rings is 1. The van der Waals surface area contributed by atoms with Crippen LogP contribution in [0.25, 0.3) is 11.2 Å². The Hall–Kier alpha value is -1.92. The molecule has 0 bridgehead atoms. The van der Waals surface area contributed by atoms with Crippen molar-refractivity contribution in [2.75, 3.05) is 0 Å². The molecule has 0 aromatic carbocycles. The Morgan fingerprint density at radius 1 is 1.29 bits per heavy atom. The van der Waals surface area contributed by atoms with Crippen molar-refractivity contribution in [1.29, 1.82) is 0 Å². The molecule has 0 radical (unpaired) electrons. The summed E-state index contributed by atoms with van der Waals surface area (Å²) in [5, 5.41) is 0. The molecule has 2 aromatic rings. The maximum absolute atomic E-state index is 12.5. The van der Waals surface area contributed by atoms with Gasteiger partial charge in [0.1, 0.15) is 11.2 Å². The maximum Gasteiger partial charge on any atom is 0.433 e. The Morgan fingerprint density at radius 3 is 2.47 bits per heavy atom. The van der Waals surface area contributed by atoms with Crippen molar-refractivity contribution in [3.63, 3.8) is 0 Å². The topological polar surface area (TPSA) is 47.8 Å². The first-order valence-electron chi connectivity index (χ1n) is 4.72. The van der Waals surface area contributed by atoms with Crippen LogP contribution in [0, 0.1) is 0 Å². The summed E-state index contributed by atoms with van der Waals surface area (Å²) in [6.45, 7) is 1.30. The third kappa shape index (κ3) is 1.88. The van der Waals surface area contributed by atoms with Gasteiger partial charge in [0, 0.05) is 14.0 Å². The second kappa shape index (κ2) is 3.54. The molecule has 2 heterocycles. The number of aryl methyl sites for hydroxylation is 1. The second-order valence-corrected chi connectivity index (χ2v) is 3.59. The molecule has 0 aliphatic heterocycles. The van der Waals surface area contributed by atoms with Crippen molar-refractivity contribution in [3.8, 4) is 0 Å². The van der Waals surface area contributed by atoms with Gasteiger partial charge in [-0.3, -0.25) is 4.79 Å². The molecule has 90 valence electrons. The molecule has 0 unspecified atom stereocenters. The number of ketones is 1. The Labute approximate surface area is 94.1 Å². The number of rotatable bonds is 1. The van der Waals surface area contributed by atoms with Gasteiger partial charge in [-0.1, -0.05) is 0 Å². The van der Waals surface area contributed by atoms with Crippen LogP contribution in [0.4, 0.5) is 13.2 Å². The number of Topliss-reactive ketones (excluding diaryl/α,β-unsaturated/α-hetero) is 1. The quantitative estimate of drug-likeness (QED) is 0.721. The molecular formula is C10H8F3N3O. The van der Waals surface area contributed by atoms with Crippen LogP contribution in [0.1, 0.15) is 23.2 Å². The lowest BCUT2D eigenvalue weighted by Crippen LogP contribution is -2.09. The number of nitrogens with zero attached hydrogens (tertiary/aromatic N) is 3. The number of carbonyl (C=O) groups excluding carboxylic acids is 1. The molecule has 0 atom stereocenters. The van der Waals surface area contributed by atoms with E-state index in [1.807, 2.05) is 0 Å². The van der Waals surface area contributed by atoms with Crippen molar-refractivity contribution < 1.29 is 18.0 Å². The third-order valence-electron chi connectivity index (χ3n) is 2.32. The lowest BCUT2D eigenvalue weighted by molar-refractivity contribution is -0.141. The molecule has 0 aliphatic rings. The number of halogens is 3. The van der Waals surface area contributed by atoms with Crippen LogP contribution in [0.5, 0.6) is 0 Å². The summed E-state index contributed by atoms with van der Waals surface area (Å²) in [5.41, 5.74) is -0.682. The van der Waals surface area contributed by atoms with Gasteiger partial charge in [0.25, 0.3) is 0 Å². The summed E-state index contributed by atoms with van der Waals surface area (Å²) in [5.74, 6) is -0.231. The minimum absolute atomic E-state index is 0.0463. The highest BCUT2D eigenvalue weighted by Gasteiger charge is 2.33. The zero-order valence-corrected chi connectivity index (χ0v) is 9.04. The van der Waals surface area contributed by atoms with E-state index in [4.69, 9.17) is 0 Å². The summed E-state index contributed by atoms with van der Waals surface area (Å²) < 4.78 is 38.6. The van der Waals surface area contributed by atoms with E-state index in [9.17, 15) is 18.0 Å². The minimum atomic E-state index is -4.51. The molecule has 2 rings (SSSR count). The lowest BCUT2D eigenvalue weighted by Gasteiger charge is -2.05. The Balaban J connectivity index is 2.70. The van der Waals surface area contributed by atoms with Crippen LogP contribution in [0.2, 0.25) is 0 Å². The van der Waals surface area contributed by atoms with Gasteiger partial charge in [-0.2, -0.15) is 13.2 Å². The molecule has 0 saturated carbocycles. The zero-order valence-electron chi connectivity index (χ0n) is 9.04. The predicted molar refractivity (Wildman–Crippen MR) is 53.5 cm³/mol. The van der Waals surface area contributed by atoms with Crippen LogP contribution in [-0.4, -0.2) is 20.3 Å². The molecule has 0 aliphatic carbocycles. The molecule has 0 amide bonds. The second-order valence-electron chi connectivity index (χ2n) is 3.59. The number of aromatic nitrogens is 3. The van der Waals surface area contributed by atoms with E-state index in [-0.39, 0.29) is 22.8 Å². The van der Waals surface area contributed by atoms with Crippen molar-refractivity contribution in [1.82, 2.24) is 14.5 Å². The molecular weight excluding hydrogens is 235 g/mol. The monoisotopic (exact) mass is 243 g/mol. The number of carbonyl (C=O) groups is 1. The number of hydrogen-bond acceptors (Lipinski definition) is 3. The first-order chi connectivity index (χ1) is 7.80. The average molecular weight is 243 g/mol. The first kappa shape index (κ1) is 11.6. The summed E-state index contributed by atoms with van der Waals surface area (Å²) in [4.78, 5) is 18.6. The van der Waals surface area contributed by atoms with Gasteiger partial charge >= 0.3 is 6.18 Å². The SMILES string of the molecule is CC(=O)c1nc2ccc(C(F)(F)F)nc2n1C. The van der Waals surface area contributed by atoms with E-state index in [1.165, 1.54) is 24.6 Å². The van der Waals surface area contributed by atoms with Gasteiger partial charge < -0.3 is 4.57 Å². The van der Waals surface area contributed by atoms with Crippen LogP contribution in [0.3, 0.4) is 0 Å². The molecule has 0 spiro atoms. The lowest BCUT2D eigenvalue weighted by atomic mass is 10.3. The largest absolute Gasteiger partial charge is 0.433 e. The molecule has 2 aromatic heterocycles. The van der Waals surface area contributed by atoms with Gasteiger partial charge in [0.15, 0.2) is 17.3 Å². The van der Waals surface area contributed by atoms with Crippen molar-refractivity contribution >= 4 is 16.9 Å². The maximum atomic E-state index is 12.5. The van der Waals surface area contributed by atoms with E-state index < -0.39 is 11.9 Å². The van der Waals surface area contributed by atoms with Gasteiger partial charge in [-0.15, -0.1) is 0 Å². The summed E-state index contributed by atoms with van der Waals surface area (Å²) in [6.07, 6.45) is -4.51. The number of hydrogen-bond donors (Lipinski definition) is 0. The van der Waals surface area contributed by atoms with E-state index in [2.05, 4.69) is 9.97 Å². The highest BCUT2D eigenvalue weighted by molar-refractivity contribution is 5.93. The van der Waals surface area contributed by atoms with Gasteiger partial charge in [-0.05, 0) is 12.1 Å². The molecule has 0 N–H and O–H groups in total. The summed E-state index contributed by atoms with van der Waals surface area (Å²) in [6, 6.07) is 2.05. The normalized spacial score (nSPS) is 12.1. The zero-order chi connectivity index (χ0) is 12.8. The van der Waals surface area contributed by atoms with Crippen LogP contribution in [0.15, 0.2) is 12.1 Å². The summed E-state index contributed by atoms with van der Waals surface area (Å²) >= 11 is 0. The smallest absolute Gasteiger partial charge is 0.309 e. The van der Waals surface area contributed by atoms with Crippen LogP contribution in [-0.2, 0) is 13.2 Å². The molecule has 0 fully saturated rings. The Morgan fingerprint density at radius 2 is 1.94 bits per heavy atom. The van der Waals surface area contributed by atoms with Crippen molar-refractivity contribution in [3.05, 3.63) is 23.7 Å². The van der Waals surface area contributed by atoms with Crippen LogP contribution >= 0.6 is 0 Å². The molecule has 7 heteroatoms. The fourth-order valence-electron chi connectivity index (χ4n) is 1.54. The highest BCUT2D eigenvalue weighted by atomic mass is 19.4. The minimum Gasteiger partial charge on any atom is -0.309 e. The molecule has 0 saturated heterocycles. The number of fused-ring (bicyclic) bond motifs is 1. The fraction of sp³-hybridized carbons (Fsp3) is 0.300. The van der Waals surface area contributed by atoms with Crippen LogP contribution < -0.4 is 0 Å². The Kier molecular flexibility index (Phi) is 2.41. The van der Waals surface area contributed by atoms with E-state index in [0.29, 0.717) is 0 Å². The highest BCUT2D eigenvalue weighted by Crippen LogP contribution is 2.28. The Bertz CT molecular complexity index is 601. The standard InChI is InChI=1S/C10H8F3N3O/c1-5(17)8-14-6-3-4-7(10(11,12)13)15-9(6)16(8)2/h3-4H,1-2H3. The third-order valence-corrected chi connectivity index (χ3v) is 2.32. The number of imidazole rings is 1. The number of alkyl halides is 3. The van der Waals surface area contributed by atoms with Gasteiger partial charge in [0.05, 0.1) is 0 Å². The average Bonchev–Trinajstić information content (AvgIpc) is 2.54. The van der Waals surface area contributed by atoms with Crippen molar-refractivity contribution in [2.24, 2.45) is 7.05 Å². The van der Waals surface area contributed by atoms with Gasteiger partial charge in [-0.25, -0.2) is 9.97 Å². The first-order valence-corrected chi connectivity index (χ1v) is 4.72. The summed E-state index contributed by atoms with van der Waals surface area (Å²) in [7, 11) is 1.46. The molecule has 17 heavy (non-hydrogen) atoms. The van der Waals surface area contributed by atoms with E-state index >= 15 is 0 Å². The molecule has 4 nitrogen and oxygen atoms in total. The van der Waals surface area contributed by atoms with E-state index in [0.717, 1.165) is 6.07 Å². The predicted octanol–water partition coefficient (Wildman–Crippen LogP) is 2.19.